The average Bonchev–Trinajstić information content (AvgIpc) is 2.59. The molecule has 0 bridgehead atoms. The van der Waals surface area contributed by atoms with Gasteiger partial charge in [-0.2, -0.15) is 0 Å². The van der Waals surface area contributed by atoms with Crippen LogP contribution in [-0.2, 0) is 11.2 Å². The zero-order chi connectivity index (χ0) is 16.9. The lowest BCUT2D eigenvalue weighted by Gasteiger charge is -2.07. The summed E-state index contributed by atoms with van der Waals surface area (Å²) in [4.78, 5) is 30.6. The van der Waals surface area contributed by atoms with Crippen LogP contribution in [0.15, 0.2) is 58.5 Å². The lowest BCUT2D eigenvalue weighted by atomic mass is 10.1. The van der Waals surface area contributed by atoms with Crippen LogP contribution < -0.4 is 10.9 Å². The van der Waals surface area contributed by atoms with Crippen molar-refractivity contribution in [3.63, 3.8) is 0 Å². The lowest BCUT2D eigenvalue weighted by Crippen LogP contribution is -2.15. The highest BCUT2D eigenvalue weighted by Crippen LogP contribution is 2.19. The van der Waals surface area contributed by atoms with Crippen LogP contribution in [0, 0.1) is 0 Å². The van der Waals surface area contributed by atoms with Gasteiger partial charge in [0.15, 0.2) is 5.16 Å². The molecule has 0 unspecified atom stereocenters. The molecule has 0 saturated heterocycles. The number of H-pyrrole nitrogens is 1. The van der Waals surface area contributed by atoms with E-state index in [1.807, 2.05) is 49.4 Å². The number of fused-ring (bicyclic) bond motifs is 1. The van der Waals surface area contributed by atoms with E-state index in [9.17, 15) is 9.59 Å². The Balaban J connectivity index is 1.64. The highest BCUT2D eigenvalue weighted by Gasteiger charge is 2.07. The van der Waals surface area contributed by atoms with Gasteiger partial charge in [-0.15, -0.1) is 0 Å². The van der Waals surface area contributed by atoms with E-state index in [1.54, 1.807) is 0 Å². The number of carbonyl (C=O) groups is 1. The van der Waals surface area contributed by atoms with Crippen molar-refractivity contribution in [2.24, 2.45) is 0 Å². The largest absolute Gasteiger partial charge is 0.325 e. The molecular weight excluding hydrogens is 322 g/mol. The molecule has 0 spiro atoms. The summed E-state index contributed by atoms with van der Waals surface area (Å²) in [6, 6.07) is 15.2. The summed E-state index contributed by atoms with van der Waals surface area (Å²) in [5.74, 6) is 0.0444. The molecule has 0 radical (unpaired) electrons. The van der Waals surface area contributed by atoms with E-state index in [0.717, 1.165) is 22.2 Å². The normalized spacial score (nSPS) is 10.7. The maximum absolute atomic E-state index is 12.1. The van der Waals surface area contributed by atoms with Crippen molar-refractivity contribution in [3.05, 3.63) is 64.6 Å². The summed E-state index contributed by atoms with van der Waals surface area (Å²) < 4.78 is 0. The topological polar surface area (TPSA) is 74.8 Å². The van der Waals surface area contributed by atoms with Gasteiger partial charge in [0.05, 0.1) is 5.75 Å². The summed E-state index contributed by atoms with van der Waals surface area (Å²) in [6.07, 6.45) is 0.681. The Hall–Kier alpha value is -2.60. The Morgan fingerprint density at radius 2 is 1.96 bits per heavy atom. The zero-order valence-corrected chi connectivity index (χ0v) is 14.0. The van der Waals surface area contributed by atoms with Gasteiger partial charge in [-0.1, -0.05) is 49.0 Å². The van der Waals surface area contributed by atoms with Crippen LogP contribution in [0.3, 0.4) is 0 Å². The molecule has 0 aliphatic rings. The number of amides is 1. The molecule has 0 atom stereocenters. The molecule has 0 saturated carbocycles. The van der Waals surface area contributed by atoms with Crippen LogP contribution in [0.5, 0.6) is 0 Å². The SMILES string of the molecule is CCc1cc(=O)[nH]c(SCC(=O)Nc2ccc3ccccc3c2)n1. The van der Waals surface area contributed by atoms with Crippen LogP contribution in [0.1, 0.15) is 12.6 Å². The van der Waals surface area contributed by atoms with Crippen LogP contribution in [-0.4, -0.2) is 21.6 Å². The minimum absolute atomic E-state index is 0.139. The summed E-state index contributed by atoms with van der Waals surface area (Å²) >= 11 is 1.22. The first-order valence-electron chi connectivity index (χ1n) is 7.66. The standard InChI is InChI=1S/C18H17N3O2S/c1-2-14-10-16(22)21-18(20-14)24-11-17(23)19-15-8-7-12-5-3-4-6-13(12)9-15/h3-10H,2,11H2,1H3,(H,19,23)(H,20,21,22). The Bertz CT molecular complexity index is 937. The van der Waals surface area contributed by atoms with Gasteiger partial charge in [0, 0.05) is 17.4 Å². The Labute approximate surface area is 143 Å². The van der Waals surface area contributed by atoms with E-state index in [-0.39, 0.29) is 17.2 Å². The second-order valence-electron chi connectivity index (χ2n) is 5.29. The highest BCUT2D eigenvalue weighted by atomic mass is 32.2. The monoisotopic (exact) mass is 339 g/mol. The van der Waals surface area contributed by atoms with Gasteiger partial charge < -0.3 is 10.3 Å². The minimum atomic E-state index is -0.195. The van der Waals surface area contributed by atoms with Crippen molar-refractivity contribution in [1.29, 1.82) is 0 Å². The zero-order valence-electron chi connectivity index (χ0n) is 13.2. The van der Waals surface area contributed by atoms with Gasteiger partial charge >= 0.3 is 0 Å². The third kappa shape index (κ3) is 4.02. The van der Waals surface area contributed by atoms with Gasteiger partial charge in [0.2, 0.25) is 5.91 Å². The van der Waals surface area contributed by atoms with Crippen LogP contribution >= 0.6 is 11.8 Å². The summed E-state index contributed by atoms with van der Waals surface area (Å²) in [5.41, 5.74) is 1.28. The molecule has 122 valence electrons. The maximum atomic E-state index is 12.1. The molecule has 0 aliphatic heterocycles. The summed E-state index contributed by atoms with van der Waals surface area (Å²) in [5, 5.41) is 5.54. The number of rotatable bonds is 5. The Morgan fingerprint density at radius 3 is 2.75 bits per heavy atom. The van der Waals surface area contributed by atoms with Crippen LogP contribution in [0.2, 0.25) is 0 Å². The fraction of sp³-hybridized carbons (Fsp3) is 0.167. The third-order valence-electron chi connectivity index (χ3n) is 3.51. The minimum Gasteiger partial charge on any atom is -0.325 e. The van der Waals surface area contributed by atoms with Gasteiger partial charge in [0.1, 0.15) is 0 Å². The molecule has 24 heavy (non-hydrogen) atoms. The highest BCUT2D eigenvalue weighted by molar-refractivity contribution is 7.99. The van der Waals surface area contributed by atoms with Crippen molar-refractivity contribution in [1.82, 2.24) is 9.97 Å². The number of aryl methyl sites for hydroxylation is 1. The van der Waals surface area contributed by atoms with Crippen molar-refractivity contribution < 1.29 is 4.79 Å². The van der Waals surface area contributed by atoms with Gasteiger partial charge in [0.25, 0.3) is 5.56 Å². The van der Waals surface area contributed by atoms with E-state index < -0.39 is 0 Å². The number of hydrogen-bond acceptors (Lipinski definition) is 4. The Morgan fingerprint density at radius 1 is 1.17 bits per heavy atom. The summed E-state index contributed by atoms with van der Waals surface area (Å²) in [6.45, 7) is 1.93. The maximum Gasteiger partial charge on any atom is 0.251 e. The van der Waals surface area contributed by atoms with Crippen LogP contribution in [0.25, 0.3) is 10.8 Å². The fourth-order valence-electron chi connectivity index (χ4n) is 2.33. The number of hydrogen-bond donors (Lipinski definition) is 2. The number of aromatic nitrogens is 2. The van der Waals surface area contributed by atoms with Crippen molar-refractivity contribution in [2.45, 2.75) is 18.5 Å². The predicted molar refractivity (Wildman–Crippen MR) is 97.5 cm³/mol. The molecule has 2 N–H and O–H groups in total. The van der Waals surface area contributed by atoms with E-state index in [1.165, 1.54) is 17.8 Å². The van der Waals surface area contributed by atoms with Gasteiger partial charge in [-0.3, -0.25) is 9.59 Å². The van der Waals surface area contributed by atoms with E-state index in [4.69, 9.17) is 0 Å². The Kier molecular flexibility index (Phi) is 4.96. The smallest absolute Gasteiger partial charge is 0.251 e. The number of carbonyl (C=O) groups excluding carboxylic acids is 1. The molecule has 1 heterocycles. The number of benzene rings is 2. The van der Waals surface area contributed by atoms with E-state index in [2.05, 4.69) is 15.3 Å². The predicted octanol–water partition coefficient (Wildman–Crippen LogP) is 3.22. The molecule has 3 aromatic rings. The third-order valence-corrected chi connectivity index (χ3v) is 4.38. The van der Waals surface area contributed by atoms with Crippen molar-refractivity contribution in [3.8, 4) is 0 Å². The van der Waals surface area contributed by atoms with Crippen molar-refractivity contribution in [2.75, 3.05) is 11.1 Å². The van der Waals surface area contributed by atoms with Gasteiger partial charge in [-0.25, -0.2) is 4.98 Å². The van der Waals surface area contributed by atoms with Crippen molar-refractivity contribution >= 4 is 34.1 Å². The lowest BCUT2D eigenvalue weighted by molar-refractivity contribution is -0.113. The number of aromatic amines is 1. The molecule has 2 aromatic carbocycles. The van der Waals surface area contributed by atoms with Gasteiger partial charge in [-0.05, 0) is 29.3 Å². The first-order valence-corrected chi connectivity index (χ1v) is 8.64. The quantitative estimate of drug-likeness (QED) is 0.553. The first-order chi connectivity index (χ1) is 11.6. The van der Waals surface area contributed by atoms with Crippen LogP contribution in [0.4, 0.5) is 5.69 Å². The first kappa shape index (κ1) is 16.3. The second kappa shape index (κ2) is 7.31. The van der Waals surface area contributed by atoms with E-state index >= 15 is 0 Å². The molecule has 0 aliphatic carbocycles. The number of anilines is 1. The number of thioether (sulfide) groups is 1. The molecule has 3 rings (SSSR count). The average molecular weight is 339 g/mol. The molecule has 5 nitrogen and oxygen atoms in total. The molecule has 1 amide bonds. The summed E-state index contributed by atoms with van der Waals surface area (Å²) in [7, 11) is 0. The molecule has 6 heteroatoms. The molecule has 0 fully saturated rings. The molecular formula is C18H17N3O2S. The molecule has 1 aromatic heterocycles. The van der Waals surface area contributed by atoms with E-state index in [0.29, 0.717) is 11.6 Å². The number of nitrogens with zero attached hydrogens (tertiary/aromatic N) is 1. The number of nitrogens with one attached hydrogen (secondary N) is 2. The second-order valence-corrected chi connectivity index (χ2v) is 6.26. The fourth-order valence-corrected chi connectivity index (χ4v) is 3.03.